The topological polar surface area (TPSA) is 70.7 Å². The SMILES string of the molecule is COC(=O)C=Cc1ccc(C(=O)Nc2ccc(N3CCNCC3)cc2)cc1. The van der Waals surface area contributed by atoms with Crippen molar-refractivity contribution in [2.75, 3.05) is 43.5 Å². The maximum atomic E-state index is 12.4. The van der Waals surface area contributed by atoms with Gasteiger partial charge in [0.15, 0.2) is 0 Å². The molecule has 27 heavy (non-hydrogen) atoms. The number of piperazine rings is 1. The van der Waals surface area contributed by atoms with Crippen molar-refractivity contribution in [3.05, 3.63) is 65.7 Å². The summed E-state index contributed by atoms with van der Waals surface area (Å²) in [6, 6.07) is 14.9. The summed E-state index contributed by atoms with van der Waals surface area (Å²) in [5.41, 5.74) is 3.29. The molecule has 6 heteroatoms. The summed E-state index contributed by atoms with van der Waals surface area (Å²) in [4.78, 5) is 25.8. The van der Waals surface area contributed by atoms with Crippen LogP contribution in [0, 0.1) is 0 Å². The monoisotopic (exact) mass is 365 g/mol. The number of nitrogens with zero attached hydrogens (tertiary/aromatic N) is 1. The fourth-order valence-corrected chi connectivity index (χ4v) is 2.86. The molecule has 2 aromatic rings. The van der Waals surface area contributed by atoms with E-state index in [2.05, 4.69) is 20.3 Å². The average Bonchev–Trinajstić information content (AvgIpc) is 2.73. The molecule has 1 fully saturated rings. The highest BCUT2D eigenvalue weighted by atomic mass is 16.5. The van der Waals surface area contributed by atoms with Crippen molar-refractivity contribution in [1.29, 1.82) is 0 Å². The van der Waals surface area contributed by atoms with Gasteiger partial charge in [-0.2, -0.15) is 0 Å². The van der Waals surface area contributed by atoms with Crippen LogP contribution in [-0.2, 0) is 9.53 Å². The zero-order valence-corrected chi connectivity index (χ0v) is 15.3. The van der Waals surface area contributed by atoms with Gasteiger partial charge in [-0.1, -0.05) is 12.1 Å². The van der Waals surface area contributed by atoms with Gasteiger partial charge in [-0.25, -0.2) is 4.79 Å². The zero-order valence-electron chi connectivity index (χ0n) is 15.3. The summed E-state index contributed by atoms with van der Waals surface area (Å²) in [5.74, 6) is -0.588. The molecule has 1 aliphatic rings. The van der Waals surface area contributed by atoms with E-state index in [-0.39, 0.29) is 5.91 Å². The molecule has 0 unspecified atom stereocenters. The van der Waals surface area contributed by atoms with Crippen molar-refractivity contribution in [2.45, 2.75) is 0 Å². The van der Waals surface area contributed by atoms with Crippen LogP contribution >= 0.6 is 0 Å². The van der Waals surface area contributed by atoms with E-state index in [4.69, 9.17) is 0 Å². The number of amides is 1. The molecule has 0 saturated carbocycles. The van der Waals surface area contributed by atoms with E-state index >= 15 is 0 Å². The number of methoxy groups -OCH3 is 1. The van der Waals surface area contributed by atoms with Crippen LogP contribution in [0.25, 0.3) is 6.08 Å². The number of benzene rings is 2. The summed E-state index contributed by atoms with van der Waals surface area (Å²) in [6.07, 6.45) is 2.98. The normalized spacial score (nSPS) is 14.2. The highest BCUT2D eigenvalue weighted by Gasteiger charge is 2.11. The van der Waals surface area contributed by atoms with Gasteiger partial charge in [0.25, 0.3) is 5.91 Å². The molecule has 1 saturated heterocycles. The highest BCUT2D eigenvalue weighted by molar-refractivity contribution is 6.04. The second-order valence-electron chi connectivity index (χ2n) is 6.22. The van der Waals surface area contributed by atoms with Crippen LogP contribution in [0.15, 0.2) is 54.6 Å². The number of ether oxygens (including phenoxy) is 1. The van der Waals surface area contributed by atoms with Gasteiger partial charge in [-0.3, -0.25) is 4.79 Å². The Labute approximate surface area is 158 Å². The number of rotatable bonds is 5. The standard InChI is InChI=1S/C21H23N3O3/c1-27-20(25)11-4-16-2-5-17(6-3-16)21(26)23-18-7-9-19(10-8-18)24-14-12-22-13-15-24/h2-11,22H,12-15H2,1H3,(H,23,26). The lowest BCUT2D eigenvalue weighted by atomic mass is 10.1. The molecule has 1 heterocycles. The van der Waals surface area contributed by atoms with Crippen molar-refractivity contribution < 1.29 is 14.3 Å². The summed E-state index contributed by atoms with van der Waals surface area (Å²) in [5, 5.41) is 6.24. The maximum absolute atomic E-state index is 12.4. The Bertz CT molecular complexity index is 808. The molecular formula is C21H23N3O3. The number of hydrogen-bond acceptors (Lipinski definition) is 5. The fourth-order valence-electron chi connectivity index (χ4n) is 2.86. The lowest BCUT2D eigenvalue weighted by Crippen LogP contribution is -2.43. The van der Waals surface area contributed by atoms with Gasteiger partial charge in [0.1, 0.15) is 0 Å². The number of esters is 1. The van der Waals surface area contributed by atoms with Crippen LogP contribution in [-0.4, -0.2) is 45.2 Å². The average molecular weight is 365 g/mol. The first-order chi connectivity index (χ1) is 13.2. The smallest absolute Gasteiger partial charge is 0.330 e. The van der Waals surface area contributed by atoms with Crippen molar-refractivity contribution >= 4 is 29.3 Å². The Morgan fingerprint density at radius 2 is 1.70 bits per heavy atom. The van der Waals surface area contributed by atoms with Crippen LogP contribution in [0.4, 0.5) is 11.4 Å². The largest absolute Gasteiger partial charge is 0.466 e. The van der Waals surface area contributed by atoms with Gasteiger partial charge in [-0.05, 0) is 48.0 Å². The molecule has 0 atom stereocenters. The van der Waals surface area contributed by atoms with Crippen LogP contribution in [0.1, 0.15) is 15.9 Å². The molecule has 140 valence electrons. The molecular weight excluding hydrogens is 342 g/mol. The predicted octanol–water partition coefficient (Wildman–Crippen LogP) is 2.53. The molecule has 2 N–H and O–H groups in total. The van der Waals surface area contributed by atoms with Gasteiger partial charge in [0.05, 0.1) is 7.11 Å². The molecule has 3 rings (SSSR count). The van der Waals surface area contributed by atoms with E-state index in [0.29, 0.717) is 5.56 Å². The molecule has 0 aromatic heterocycles. The lowest BCUT2D eigenvalue weighted by Gasteiger charge is -2.29. The van der Waals surface area contributed by atoms with Crippen LogP contribution in [0.2, 0.25) is 0 Å². The number of hydrogen-bond donors (Lipinski definition) is 2. The van der Waals surface area contributed by atoms with E-state index in [9.17, 15) is 9.59 Å². The molecule has 0 radical (unpaired) electrons. The predicted molar refractivity (Wildman–Crippen MR) is 107 cm³/mol. The Morgan fingerprint density at radius 1 is 1.04 bits per heavy atom. The Morgan fingerprint density at radius 3 is 2.33 bits per heavy atom. The molecule has 0 spiro atoms. The van der Waals surface area contributed by atoms with Gasteiger partial charge >= 0.3 is 5.97 Å². The molecule has 1 amide bonds. The van der Waals surface area contributed by atoms with Crippen LogP contribution in [0.3, 0.4) is 0 Å². The van der Waals surface area contributed by atoms with Crippen LogP contribution in [0.5, 0.6) is 0 Å². The maximum Gasteiger partial charge on any atom is 0.330 e. The summed E-state index contributed by atoms with van der Waals surface area (Å²) in [7, 11) is 1.33. The summed E-state index contributed by atoms with van der Waals surface area (Å²) in [6.45, 7) is 3.96. The summed E-state index contributed by atoms with van der Waals surface area (Å²) >= 11 is 0. The van der Waals surface area contributed by atoms with E-state index in [1.54, 1.807) is 30.3 Å². The Balaban J connectivity index is 1.59. The third-order valence-electron chi connectivity index (χ3n) is 4.39. The third-order valence-corrected chi connectivity index (χ3v) is 4.39. The minimum absolute atomic E-state index is 0.173. The summed E-state index contributed by atoms with van der Waals surface area (Å²) < 4.78 is 4.55. The van der Waals surface area contributed by atoms with E-state index in [0.717, 1.165) is 43.1 Å². The second kappa shape index (κ2) is 9.00. The molecule has 6 nitrogen and oxygen atoms in total. The quantitative estimate of drug-likeness (QED) is 0.629. The van der Waals surface area contributed by atoms with E-state index in [1.807, 2.05) is 24.3 Å². The van der Waals surface area contributed by atoms with Gasteiger partial charge in [-0.15, -0.1) is 0 Å². The van der Waals surface area contributed by atoms with E-state index in [1.165, 1.54) is 13.2 Å². The van der Waals surface area contributed by atoms with Crippen molar-refractivity contribution in [1.82, 2.24) is 5.32 Å². The number of carbonyl (C=O) groups is 2. The minimum Gasteiger partial charge on any atom is -0.466 e. The third kappa shape index (κ3) is 5.18. The fraction of sp³-hybridized carbons (Fsp3) is 0.238. The Hall–Kier alpha value is -3.12. The number of carbonyl (C=O) groups excluding carboxylic acids is 2. The van der Waals surface area contributed by atoms with Gasteiger partial charge < -0.3 is 20.3 Å². The first-order valence-corrected chi connectivity index (χ1v) is 8.89. The molecule has 0 bridgehead atoms. The lowest BCUT2D eigenvalue weighted by molar-refractivity contribution is -0.134. The first-order valence-electron chi connectivity index (χ1n) is 8.89. The van der Waals surface area contributed by atoms with Crippen molar-refractivity contribution in [3.63, 3.8) is 0 Å². The number of nitrogens with one attached hydrogen (secondary N) is 2. The van der Waals surface area contributed by atoms with Crippen molar-refractivity contribution in [3.8, 4) is 0 Å². The second-order valence-corrected chi connectivity index (χ2v) is 6.22. The molecule has 2 aromatic carbocycles. The number of anilines is 2. The van der Waals surface area contributed by atoms with Gasteiger partial charge in [0.2, 0.25) is 0 Å². The van der Waals surface area contributed by atoms with Crippen LogP contribution < -0.4 is 15.5 Å². The highest BCUT2D eigenvalue weighted by Crippen LogP contribution is 2.19. The Kier molecular flexibility index (Phi) is 6.22. The zero-order chi connectivity index (χ0) is 19.1. The molecule has 0 aliphatic carbocycles. The van der Waals surface area contributed by atoms with Gasteiger partial charge in [0, 0.05) is 49.2 Å². The molecule has 1 aliphatic heterocycles. The first kappa shape index (κ1) is 18.7. The minimum atomic E-state index is -0.416. The van der Waals surface area contributed by atoms with Crippen molar-refractivity contribution in [2.24, 2.45) is 0 Å². The van der Waals surface area contributed by atoms with E-state index < -0.39 is 5.97 Å².